The van der Waals surface area contributed by atoms with E-state index in [1.54, 1.807) is 11.0 Å². The van der Waals surface area contributed by atoms with Crippen molar-refractivity contribution in [3.63, 3.8) is 0 Å². The van der Waals surface area contributed by atoms with Gasteiger partial charge in [-0.2, -0.15) is 0 Å². The van der Waals surface area contributed by atoms with Crippen molar-refractivity contribution in [1.82, 2.24) is 4.90 Å². The lowest BCUT2D eigenvalue weighted by molar-refractivity contribution is -0.135. The van der Waals surface area contributed by atoms with Crippen LogP contribution >= 0.6 is 0 Å². The standard InChI is InChI=1S/C12H19N3O2/c1-14(2)7-8-15(9-12(16)17)11-6-4-3-5-10(11)13/h3-6H,7-9,13H2,1-2H3,(H,16,17). The molecule has 0 unspecified atom stereocenters. The number of carboxylic acid groups (broad SMARTS) is 1. The molecule has 17 heavy (non-hydrogen) atoms. The average Bonchev–Trinajstić information content (AvgIpc) is 2.24. The molecule has 0 spiro atoms. The Morgan fingerprint density at radius 1 is 1.29 bits per heavy atom. The molecule has 3 N–H and O–H groups in total. The predicted octanol–water partition coefficient (Wildman–Crippen LogP) is 0.721. The summed E-state index contributed by atoms with van der Waals surface area (Å²) in [6.45, 7) is 1.37. The molecule has 94 valence electrons. The SMILES string of the molecule is CN(C)CCN(CC(=O)O)c1ccccc1N. The van der Waals surface area contributed by atoms with Crippen molar-refractivity contribution < 1.29 is 9.90 Å². The van der Waals surface area contributed by atoms with Crippen molar-refractivity contribution >= 4 is 17.3 Å². The quantitative estimate of drug-likeness (QED) is 0.713. The van der Waals surface area contributed by atoms with E-state index in [1.807, 2.05) is 37.2 Å². The molecule has 1 aromatic carbocycles. The molecular formula is C12H19N3O2. The number of anilines is 2. The number of rotatable bonds is 6. The number of nitrogens with two attached hydrogens (primary N) is 1. The summed E-state index contributed by atoms with van der Waals surface area (Å²) < 4.78 is 0. The zero-order chi connectivity index (χ0) is 12.8. The van der Waals surface area contributed by atoms with Crippen LogP contribution in [-0.2, 0) is 4.79 Å². The first-order chi connectivity index (χ1) is 8.00. The van der Waals surface area contributed by atoms with Gasteiger partial charge < -0.3 is 20.6 Å². The molecule has 1 rings (SSSR count). The van der Waals surface area contributed by atoms with Gasteiger partial charge in [-0.25, -0.2) is 0 Å². The minimum atomic E-state index is -0.855. The fraction of sp³-hybridized carbons (Fsp3) is 0.417. The Morgan fingerprint density at radius 3 is 2.47 bits per heavy atom. The van der Waals surface area contributed by atoms with Gasteiger partial charge in [0.1, 0.15) is 6.54 Å². The van der Waals surface area contributed by atoms with Crippen molar-refractivity contribution in [2.24, 2.45) is 0 Å². The molecule has 0 radical (unpaired) electrons. The number of carbonyl (C=O) groups is 1. The van der Waals surface area contributed by atoms with Crippen LogP contribution in [0.1, 0.15) is 0 Å². The number of para-hydroxylation sites is 2. The van der Waals surface area contributed by atoms with Crippen molar-refractivity contribution in [2.75, 3.05) is 44.4 Å². The molecule has 0 aliphatic heterocycles. The van der Waals surface area contributed by atoms with Crippen LogP contribution in [0.5, 0.6) is 0 Å². The minimum Gasteiger partial charge on any atom is -0.480 e. The largest absolute Gasteiger partial charge is 0.480 e. The van der Waals surface area contributed by atoms with Crippen LogP contribution in [0.15, 0.2) is 24.3 Å². The molecule has 0 fully saturated rings. The summed E-state index contributed by atoms with van der Waals surface area (Å²) in [6, 6.07) is 7.31. The fourth-order valence-corrected chi connectivity index (χ4v) is 1.54. The number of hydrogen-bond donors (Lipinski definition) is 2. The van der Waals surface area contributed by atoms with E-state index in [0.29, 0.717) is 12.2 Å². The number of nitrogens with zero attached hydrogens (tertiary/aromatic N) is 2. The van der Waals surface area contributed by atoms with E-state index in [0.717, 1.165) is 12.2 Å². The molecular weight excluding hydrogens is 218 g/mol. The zero-order valence-electron chi connectivity index (χ0n) is 10.3. The van der Waals surface area contributed by atoms with Gasteiger partial charge in [-0.3, -0.25) is 4.79 Å². The van der Waals surface area contributed by atoms with Crippen LogP contribution in [-0.4, -0.2) is 49.7 Å². The Kier molecular flexibility index (Phi) is 4.78. The van der Waals surface area contributed by atoms with E-state index in [-0.39, 0.29) is 6.54 Å². The predicted molar refractivity (Wildman–Crippen MR) is 69.3 cm³/mol. The molecule has 0 atom stereocenters. The monoisotopic (exact) mass is 237 g/mol. The highest BCUT2D eigenvalue weighted by atomic mass is 16.4. The number of carboxylic acids is 1. The topological polar surface area (TPSA) is 69.8 Å². The second kappa shape index (κ2) is 6.10. The van der Waals surface area contributed by atoms with Crippen LogP contribution in [0.25, 0.3) is 0 Å². The average molecular weight is 237 g/mol. The number of likely N-dealkylation sites (N-methyl/N-ethyl adjacent to an activating group) is 1. The second-order valence-electron chi connectivity index (χ2n) is 4.18. The third kappa shape index (κ3) is 4.32. The summed E-state index contributed by atoms with van der Waals surface area (Å²) in [5.41, 5.74) is 7.23. The summed E-state index contributed by atoms with van der Waals surface area (Å²) in [7, 11) is 3.90. The third-order valence-corrected chi connectivity index (χ3v) is 2.42. The van der Waals surface area contributed by atoms with Crippen LogP contribution in [0.4, 0.5) is 11.4 Å². The molecule has 0 aliphatic rings. The lowest BCUT2D eigenvalue weighted by atomic mass is 10.2. The van der Waals surface area contributed by atoms with Crippen molar-refractivity contribution in [3.8, 4) is 0 Å². The summed E-state index contributed by atoms with van der Waals surface area (Å²) in [4.78, 5) is 14.6. The van der Waals surface area contributed by atoms with Crippen LogP contribution < -0.4 is 10.6 Å². The Hall–Kier alpha value is -1.75. The van der Waals surface area contributed by atoms with Gasteiger partial charge in [0.05, 0.1) is 11.4 Å². The molecule has 0 aromatic heterocycles. The number of aliphatic carboxylic acids is 1. The van der Waals surface area contributed by atoms with Crippen LogP contribution in [0.3, 0.4) is 0 Å². The van der Waals surface area contributed by atoms with Gasteiger partial charge >= 0.3 is 5.97 Å². The molecule has 5 nitrogen and oxygen atoms in total. The van der Waals surface area contributed by atoms with Gasteiger partial charge in [-0.15, -0.1) is 0 Å². The molecule has 5 heteroatoms. The van der Waals surface area contributed by atoms with Gasteiger partial charge in [0, 0.05) is 13.1 Å². The minimum absolute atomic E-state index is 0.0396. The van der Waals surface area contributed by atoms with E-state index in [1.165, 1.54) is 0 Å². The normalized spacial score (nSPS) is 10.5. The first-order valence-corrected chi connectivity index (χ1v) is 5.46. The summed E-state index contributed by atoms with van der Waals surface area (Å²) in [5, 5.41) is 8.91. The highest BCUT2D eigenvalue weighted by molar-refractivity contribution is 5.77. The maximum Gasteiger partial charge on any atom is 0.323 e. The van der Waals surface area contributed by atoms with Gasteiger partial charge in [0.25, 0.3) is 0 Å². The van der Waals surface area contributed by atoms with E-state index in [2.05, 4.69) is 0 Å². The van der Waals surface area contributed by atoms with E-state index >= 15 is 0 Å². The Labute approximate surface area is 101 Å². The Balaban J connectivity index is 2.82. The fourth-order valence-electron chi connectivity index (χ4n) is 1.54. The molecule has 0 saturated heterocycles. The van der Waals surface area contributed by atoms with Gasteiger partial charge in [0.15, 0.2) is 0 Å². The number of benzene rings is 1. The number of hydrogen-bond acceptors (Lipinski definition) is 4. The van der Waals surface area contributed by atoms with E-state index < -0.39 is 5.97 Å². The smallest absolute Gasteiger partial charge is 0.323 e. The van der Waals surface area contributed by atoms with E-state index in [9.17, 15) is 4.79 Å². The third-order valence-electron chi connectivity index (χ3n) is 2.42. The first-order valence-electron chi connectivity index (χ1n) is 5.46. The summed E-state index contributed by atoms with van der Waals surface area (Å²) in [6.07, 6.45) is 0. The lowest BCUT2D eigenvalue weighted by Gasteiger charge is -2.25. The molecule has 1 aromatic rings. The summed E-state index contributed by atoms with van der Waals surface area (Å²) >= 11 is 0. The zero-order valence-corrected chi connectivity index (χ0v) is 10.3. The molecule has 0 amide bonds. The maximum absolute atomic E-state index is 10.8. The molecule has 0 heterocycles. The highest BCUT2D eigenvalue weighted by Crippen LogP contribution is 2.21. The molecule has 0 aliphatic carbocycles. The van der Waals surface area contributed by atoms with Crippen molar-refractivity contribution in [2.45, 2.75) is 0 Å². The van der Waals surface area contributed by atoms with Gasteiger partial charge in [-0.05, 0) is 26.2 Å². The second-order valence-corrected chi connectivity index (χ2v) is 4.18. The van der Waals surface area contributed by atoms with Crippen LogP contribution in [0, 0.1) is 0 Å². The van der Waals surface area contributed by atoms with Gasteiger partial charge in [-0.1, -0.05) is 12.1 Å². The Bertz CT molecular complexity index is 380. The highest BCUT2D eigenvalue weighted by Gasteiger charge is 2.12. The Morgan fingerprint density at radius 2 is 1.94 bits per heavy atom. The number of nitrogen functional groups attached to an aromatic ring is 1. The maximum atomic E-state index is 10.8. The van der Waals surface area contributed by atoms with Crippen LogP contribution in [0.2, 0.25) is 0 Å². The summed E-state index contributed by atoms with van der Waals surface area (Å²) in [5.74, 6) is -0.855. The molecule has 0 saturated carbocycles. The lowest BCUT2D eigenvalue weighted by Crippen LogP contribution is -2.36. The van der Waals surface area contributed by atoms with Gasteiger partial charge in [0.2, 0.25) is 0 Å². The molecule has 0 bridgehead atoms. The van der Waals surface area contributed by atoms with Crippen molar-refractivity contribution in [1.29, 1.82) is 0 Å². The first kappa shape index (κ1) is 13.3. The van der Waals surface area contributed by atoms with Crippen molar-refractivity contribution in [3.05, 3.63) is 24.3 Å². The van der Waals surface area contributed by atoms with E-state index in [4.69, 9.17) is 10.8 Å².